The van der Waals surface area contributed by atoms with E-state index in [9.17, 15) is 13.2 Å². The van der Waals surface area contributed by atoms with E-state index in [-0.39, 0.29) is 10.8 Å². The number of ether oxygens (including phenoxy) is 3. The molecule has 3 aromatic rings. The molecule has 11 heteroatoms. The standard InChI is InChI=1S/C23H24N4O6S/c1-15-13-14-24-23(25-15)27-34(29,30)18-9-7-17(8-10-18)26-20(28)12-6-16-5-11-19(31-2)22(33-4)21(16)32-3/h5-14H,1-4H3,(H,26,28)(H,24,25,27). The zero-order chi connectivity index (χ0) is 24.7. The fourth-order valence-corrected chi connectivity index (χ4v) is 3.95. The first-order valence-electron chi connectivity index (χ1n) is 9.98. The van der Waals surface area contributed by atoms with Gasteiger partial charge >= 0.3 is 0 Å². The molecule has 3 rings (SSSR count). The molecule has 0 aliphatic rings. The summed E-state index contributed by atoms with van der Waals surface area (Å²) in [7, 11) is 0.622. The minimum Gasteiger partial charge on any atom is -0.493 e. The van der Waals surface area contributed by atoms with E-state index in [0.717, 1.165) is 0 Å². The van der Waals surface area contributed by atoms with Crippen LogP contribution in [0.5, 0.6) is 17.2 Å². The first-order valence-corrected chi connectivity index (χ1v) is 11.5. The highest BCUT2D eigenvalue weighted by Gasteiger charge is 2.16. The van der Waals surface area contributed by atoms with E-state index >= 15 is 0 Å². The molecule has 0 atom stereocenters. The highest BCUT2D eigenvalue weighted by Crippen LogP contribution is 2.40. The molecule has 0 aliphatic carbocycles. The first-order chi connectivity index (χ1) is 16.3. The molecule has 0 saturated heterocycles. The minimum atomic E-state index is -3.88. The number of rotatable bonds is 9. The lowest BCUT2D eigenvalue weighted by atomic mass is 10.1. The second kappa shape index (κ2) is 10.7. The normalized spacial score (nSPS) is 11.2. The van der Waals surface area contributed by atoms with Crippen molar-refractivity contribution in [3.63, 3.8) is 0 Å². The molecule has 1 amide bonds. The fourth-order valence-electron chi connectivity index (χ4n) is 3.00. The van der Waals surface area contributed by atoms with Crippen LogP contribution in [-0.4, -0.2) is 45.6 Å². The number of aryl methyl sites for hydroxylation is 1. The Hall–Kier alpha value is -4.12. The molecule has 0 saturated carbocycles. The Labute approximate surface area is 197 Å². The number of nitrogens with zero attached hydrogens (tertiary/aromatic N) is 2. The molecule has 10 nitrogen and oxygen atoms in total. The zero-order valence-electron chi connectivity index (χ0n) is 19.0. The summed E-state index contributed by atoms with van der Waals surface area (Å²) in [6.45, 7) is 1.73. The number of anilines is 2. The number of aromatic nitrogens is 2. The molecule has 0 bridgehead atoms. The number of amides is 1. The van der Waals surface area contributed by atoms with Gasteiger partial charge in [-0.05, 0) is 55.5 Å². The van der Waals surface area contributed by atoms with Crippen molar-refractivity contribution in [2.75, 3.05) is 31.4 Å². The molecule has 34 heavy (non-hydrogen) atoms. The lowest BCUT2D eigenvalue weighted by Crippen LogP contribution is -2.15. The molecule has 178 valence electrons. The number of hydrogen-bond donors (Lipinski definition) is 2. The van der Waals surface area contributed by atoms with Crippen molar-refractivity contribution in [2.24, 2.45) is 0 Å². The summed E-state index contributed by atoms with van der Waals surface area (Å²) in [5.41, 5.74) is 1.66. The largest absolute Gasteiger partial charge is 0.493 e. The van der Waals surface area contributed by atoms with Crippen LogP contribution in [0.2, 0.25) is 0 Å². The van der Waals surface area contributed by atoms with E-state index in [2.05, 4.69) is 20.0 Å². The predicted octanol–water partition coefficient (Wildman–Crippen LogP) is 3.26. The van der Waals surface area contributed by atoms with Crippen molar-refractivity contribution in [3.05, 3.63) is 66.0 Å². The molecule has 1 heterocycles. The molecule has 0 aliphatic heterocycles. The van der Waals surface area contributed by atoms with Gasteiger partial charge < -0.3 is 19.5 Å². The van der Waals surface area contributed by atoms with Crippen LogP contribution in [-0.2, 0) is 14.8 Å². The highest BCUT2D eigenvalue weighted by molar-refractivity contribution is 7.92. The second-order valence-corrected chi connectivity index (χ2v) is 8.58. The van der Waals surface area contributed by atoms with Crippen molar-refractivity contribution in [3.8, 4) is 17.2 Å². The Morgan fingerprint density at radius 3 is 2.26 bits per heavy atom. The molecule has 2 aromatic carbocycles. The number of carbonyl (C=O) groups excluding carboxylic acids is 1. The van der Waals surface area contributed by atoms with Crippen LogP contribution in [0.4, 0.5) is 11.6 Å². The van der Waals surface area contributed by atoms with Crippen LogP contribution in [0.25, 0.3) is 6.08 Å². The molecule has 0 unspecified atom stereocenters. The van der Waals surface area contributed by atoms with Crippen LogP contribution < -0.4 is 24.2 Å². The van der Waals surface area contributed by atoms with E-state index in [1.165, 1.54) is 57.9 Å². The molecular weight excluding hydrogens is 460 g/mol. The van der Waals surface area contributed by atoms with Gasteiger partial charge in [-0.1, -0.05) is 0 Å². The third kappa shape index (κ3) is 5.81. The molecular formula is C23H24N4O6S. The van der Waals surface area contributed by atoms with Gasteiger partial charge in [0.05, 0.1) is 26.2 Å². The summed E-state index contributed by atoms with van der Waals surface area (Å²) < 4.78 is 43.4. The number of benzene rings is 2. The van der Waals surface area contributed by atoms with Crippen molar-refractivity contribution in [1.82, 2.24) is 9.97 Å². The maximum atomic E-state index is 12.5. The predicted molar refractivity (Wildman–Crippen MR) is 128 cm³/mol. The van der Waals surface area contributed by atoms with Gasteiger partial charge in [-0.15, -0.1) is 0 Å². The second-order valence-electron chi connectivity index (χ2n) is 6.90. The lowest BCUT2D eigenvalue weighted by Gasteiger charge is -2.14. The monoisotopic (exact) mass is 484 g/mol. The van der Waals surface area contributed by atoms with Crippen LogP contribution in [0.1, 0.15) is 11.3 Å². The van der Waals surface area contributed by atoms with Gasteiger partial charge in [-0.3, -0.25) is 4.79 Å². The van der Waals surface area contributed by atoms with Gasteiger partial charge in [-0.25, -0.2) is 23.1 Å². The summed E-state index contributed by atoms with van der Waals surface area (Å²) in [5.74, 6) is 0.894. The van der Waals surface area contributed by atoms with Crippen molar-refractivity contribution in [2.45, 2.75) is 11.8 Å². The smallest absolute Gasteiger partial charge is 0.264 e. The van der Waals surface area contributed by atoms with E-state index in [0.29, 0.717) is 34.2 Å². The molecule has 1 aromatic heterocycles. The van der Waals surface area contributed by atoms with Crippen LogP contribution in [0.3, 0.4) is 0 Å². The molecule has 0 radical (unpaired) electrons. The third-order valence-electron chi connectivity index (χ3n) is 4.60. The first kappa shape index (κ1) is 24.5. The Balaban J connectivity index is 1.70. The van der Waals surface area contributed by atoms with E-state index in [4.69, 9.17) is 14.2 Å². The average Bonchev–Trinajstić information content (AvgIpc) is 2.82. The maximum Gasteiger partial charge on any atom is 0.264 e. The van der Waals surface area contributed by atoms with E-state index in [1.54, 1.807) is 31.2 Å². The van der Waals surface area contributed by atoms with Gasteiger partial charge in [0.25, 0.3) is 10.0 Å². The molecule has 0 spiro atoms. The minimum absolute atomic E-state index is 0.00112. The molecule has 2 N–H and O–H groups in total. The topological polar surface area (TPSA) is 129 Å². The number of carbonyl (C=O) groups is 1. The molecule has 0 fully saturated rings. The van der Waals surface area contributed by atoms with Crippen LogP contribution in [0, 0.1) is 6.92 Å². The summed E-state index contributed by atoms with van der Waals surface area (Å²) >= 11 is 0. The summed E-state index contributed by atoms with van der Waals surface area (Å²) in [4.78, 5) is 20.3. The Morgan fingerprint density at radius 1 is 0.941 bits per heavy atom. The summed E-state index contributed by atoms with van der Waals surface area (Å²) in [6, 6.07) is 10.8. The zero-order valence-corrected chi connectivity index (χ0v) is 19.8. The Bertz CT molecular complexity index is 1310. The van der Waals surface area contributed by atoms with Gasteiger partial charge in [-0.2, -0.15) is 0 Å². The summed E-state index contributed by atoms with van der Waals surface area (Å²) in [6.07, 6.45) is 4.36. The lowest BCUT2D eigenvalue weighted by molar-refractivity contribution is -0.111. The van der Waals surface area contributed by atoms with Crippen molar-refractivity contribution < 1.29 is 27.4 Å². The van der Waals surface area contributed by atoms with Gasteiger partial charge in [0.15, 0.2) is 11.5 Å². The fraction of sp³-hybridized carbons (Fsp3) is 0.174. The van der Waals surface area contributed by atoms with Gasteiger partial charge in [0.1, 0.15) is 0 Å². The van der Waals surface area contributed by atoms with Crippen LogP contribution in [0.15, 0.2) is 59.6 Å². The highest BCUT2D eigenvalue weighted by atomic mass is 32.2. The number of methoxy groups -OCH3 is 3. The van der Waals surface area contributed by atoms with E-state index < -0.39 is 15.9 Å². The van der Waals surface area contributed by atoms with Crippen molar-refractivity contribution >= 4 is 33.6 Å². The average molecular weight is 485 g/mol. The quantitative estimate of drug-likeness (QED) is 0.443. The van der Waals surface area contributed by atoms with Crippen molar-refractivity contribution in [1.29, 1.82) is 0 Å². The third-order valence-corrected chi connectivity index (χ3v) is 5.95. The Kier molecular flexibility index (Phi) is 7.69. The summed E-state index contributed by atoms with van der Waals surface area (Å²) in [5, 5.41) is 2.67. The SMILES string of the molecule is COc1ccc(C=CC(=O)Nc2ccc(S(=O)(=O)Nc3nccc(C)n3)cc2)c(OC)c1OC. The van der Waals surface area contributed by atoms with Crippen LogP contribution >= 0.6 is 0 Å². The maximum absolute atomic E-state index is 12.5. The van der Waals surface area contributed by atoms with Gasteiger partial charge in [0.2, 0.25) is 17.6 Å². The number of nitrogens with one attached hydrogen (secondary N) is 2. The Morgan fingerprint density at radius 2 is 1.65 bits per heavy atom. The van der Waals surface area contributed by atoms with Gasteiger partial charge in [0, 0.05) is 29.2 Å². The number of sulfonamides is 1. The van der Waals surface area contributed by atoms with E-state index in [1.807, 2.05) is 0 Å². The number of hydrogen-bond acceptors (Lipinski definition) is 8.